The molecule has 4 nitrogen and oxygen atoms in total. The summed E-state index contributed by atoms with van der Waals surface area (Å²) in [5, 5.41) is 5.39. The van der Waals surface area contributed by atoms with Crippen LogP contribution in [0.2, 0.25) is 0 Å². The Bertz CT molecular complexity index is 1030. The highest BCUT2D eigenvalue weighted by Crippen LogP contribution is 2.25. The zero-order valence-electron chi connectivity index (χ0n) is 14.7. The number of halogens is 1. The Balaban J connectivity index is 1.59. The molecule has 6 heteroatoms. The summed E-state index contributed by atoms with van der Waals surface area (Å²) in [5.41, 5.74) is 2.77. The van der Waals surface area contributed by atoms with Gasteiger partial charge in [0.05, 0.1) is 11.7 Å². The van der Waals surface area contributed by atoms with Gasteiger partial charge in [-0.2, -0.15) is 0 Å². The minimum atomic E-state index is -0.383. The molecule has 0 spiro atoms. The van der Waals surface area contributed by atoms with Gasteiger partial charge in [-0.3, -0.25) is 9.78 Å². The van der Waals surface area contributed by atoms with E-state index in [0.29, 0.717) is 10.7 Å². The third-order valence-electron chi connectivity index (χ3n) is 4.22. The number of aromatic nitrogens is 2. The molecule has 0 unspecified atom stereocenters. The molecule has 0 saturated carbocycles. The molecule has 0 aliphatic heterocycles. The Hall–Kier alpha value is -3.38. The lowest BCUT2D eigenvalue weighted by molar-refractivity contribution is 0.0938. The Labute approximate surface area is 165 Å². The van der Waals surface area contributed by atoms with E-state index in [-0.39, 0.29) is 17.8 Å². The zero-order chi connectivity index (χ0) is 19.3. The minimum absolute atomic E-state index is 0.288. The number of thiazole rings is 1. The van der Waals surface area contributed by atoms with E-state index in [4.69, 9.17) is 0 Å². The second-order valence-electron chi connectivity index (χ2n) is 6.12. The smallest absolute Gasteiger partial charge is 0.271 e. The number of nitrogens with one attached hydrogen (secondary N) is 1. The molecular formula is C22H16FN3OS. The van der Waals surface area contributed by atoms with E-state index >= 15 is 0 Å². The molecule has 138 valence electrons. The number of nitrogens with zero attached hydrogens (tertiary/aromatic N) is 2. The van der Waals surface area contributed by atoms with Crippen molar-refractivity contribution in [3.63, 3.8) is 0 Å². The number of pyridine rings is 1. The number of carbonyl (C=O) groups is 1. The van der Waals surface area contributed by atoms with Crippen LogP contribution in [0.4, 0.5) is 4.39 Å². The average Bonchev–Trinajstić information content (AvgIpc) is 3.24. The van der Waals surface area contributed by atoms with E-state index in [2.05, 4.69) is 15.3 Å². The van der Waals surface area contributed by atoms with Crippen molar-refractivity contribution in [3.05, 3.63) is 107 Å². The first-order valence-corrected chi connectivity index (χ1v) is 9.57. The van der Waals surface area contributed by atoms with Gasteiger partial charge in [-0.05, 0) is 42.0 Å². The van der Waals surface area contributed by atoms with Crippen LogP contribution in [-0.2, 0) is 0 Å². The second-order valence-corrected chi connectivity index (χ2v) is 6.97. The average molecular weight is 389 g/mol. The summed E-state index contributed by atoms with van der Waals surface area (Å²) in [4.78, 5) is 21.7. The maximum absolute atomic E-state index is 13.1. The maximum atomic E-state index is 13.1. The van der Waals surface area contributed by atoms with Crippen LogP contribution in [0.25, 0.3) is 10.6 Å². The van der Waals surface area contributed by atoms with Crippen molar-refractivity contribution in [2.24, 2.45) is 0 Å². The summed E-state index contributed by atoms with van der Waals surface area (Å²) < 4.78 is 13.1. The van der Waals surface area contributed by atoms with Crippen LogP contribution in [0.5, 0.6) is 0 Å². The van der Waals surface area contributed by atoms with Gasteiger partial charge in [0.2, 0.25) is 0 Å². The minimum Gasteiger partial charge on any atom is -0.338 e. The van der Waals surface area contributed by atoms with Crippen LogP contribution in [0.3, 0.4) is 0 Å². The van der Waals surface area contributed by atoms with Gasteiger partial charge in [0.25, 0.3) is 5.91 Å². The van der Waals surface area contributed by atoms with Gasteiger partial charge in [-0.25, -0.2) is 9.37 Å². The standard InChI is InChI=1S/C22H16FN3OS/c23-17-11-9-16(10-12-17)22-25-19(14-28-22)21(27)26-20(15-6-2-1-3-7-15)18-8-4-5-13-24-18/h1-14,20H,(H,26,27)/t20-/m0/s1. The fraction of sp³-hybridized carbons (Fsp3) is 0.0455. The molecular weight excluding hydrogens is 373 g/mol. The first-order valence-electron chi connectivity index (χ1n) is 8.69. The lowest BCUT2D eigenvalue weighted by Crippen LogP contribution is -2.30. The second kappa shape index (κ2) is 8.10. The SMILES string of the molecule is O=C(N[C@@H](c1ccccc1)c1ccccn1)c1csc(-c2ccc(F)cc2)n1. The van der Waals surface area contributed by atoms with E-state index in [1.165, 1.54) is 23.5 Å². The molecule has 1 N–H and O–H groups in total. The van der Waals surface area contributed by atoms with Crippen LogP contribution >= 0.6 is 11.3 Å². The van der Waals surface area contributed by atoms with Crippen molar-refractivity contribution in [1.82, 2.24) is 15.3 Å². The van der Waals surface area contributed by atoms with Crippen LogP contribution in [0, 0.1) is 5.82 Å². The van der Waals surface area contributed by atoms with Crippen molar-refractivity contribution in [3.8, 4) is 10.6 Å². The molecule has 1 amide bonds. The Morgan fingerprint density at radius 3 is 2.43 bits per heavy atom. The molecule has 0 fully saturated rings. The molecule has 2 aromatic carbocycles. The van der Waals surface area contributed by atoms with Gasteiger partial charge in [0.15, 0.2) is 0 Å². The number of rotatable bonds is 5. The zero-order valence-corrected chi connectivity index (χ0v) is 15.6. The van der Waals surface area contributed by atoms with E-state index in [9.17, 15) is 9.18 Å². The summed E-state index contributed by atoms with van der Waals surface area (Å²) in [6.07, 6.45) is 1.70. The first-order chi connectivity index (χ1) is 13.7. The fourth-order valence-electron chi connectivity index (χ4n) is 2.83. The molecule has 2 aromatic heterocycles. The van der Waals surface area contributed by atoms with E-state index in [0.717, 1.165) is 16.8 Å². The van der Waals surface area contributed by atoms with Crippen LogP contribution in [-0.4, -0.2) is 15.9 Å². The monoisotopic (exact) mass is 389 g/mol. The number of benzene rings is 2. The molecule has 2 heterocycles. The summed E-state index contributed by atoms with van der Waals surface area (Å²) in [5.74, 6) is -0.594. The lowest BCUT2D eigenvalue weighted by atomic mass is 10.0. The summed E-state index contributed by atoms with van der Waals surface area (Å²) in [6, 6.07) is 20.9. The number of carbonyl (C=O) groups excluding carboxylic acids is 1. The maximum Gasteiger partial charge on any atom is 0.271 e. The van der Waals surface area contributed by atoms with Gasteiger partial charge in [0.1, 0.15) is 16.5 Å². The number of hydrogen-bond donors (Lipinski definition) is 1. The van der Waals surface area contributed by atoms with Crippen molar-refractivity contribution >= 4 is 17.2 Å². The van der Waals surface area contributed by atoms with Gasteiger partial charge >= 0.3 is 0 Å². The Morgan fingerprint density at radius 1 is 0.964 bits per heavy atom. The molecule has 0 aliphatic rings. The molecule has 4 rings (SSSR count). The predicted octanol–water partition coefficient (Wildman–Crippen LogP) is 4.86. The van der Waals surface area contributed by atoms with E-state index < -0.39 is 0 Å². The quantitative estimate of drug-likeness (QED) is 0.530. The molecule has 0 aliphatic carbocycles. The highest BCUT2D eigenvalue weighted by molar-refractivity contribution is 7.13. The number of hydrogen-bond acceptors (Lipinski definition) is 4. The molecule has 0 saturated heterocycles. The van der Waals surface area contributed by atoms with Crippen molar-refractivity contribution in [1.29, 1.82) is 0 Å². The summed E-state index contributed by atoms with van der Waals surface area (Å²) in [7, 11) is 0. The normalized spacial score (nSPS) is 11.8. The number of amides is 1. The van der Waals surface area contributed by atoms with Crippen molar-refractivity contribution in [2.75, 3.05) is 0 Å². The molecule has 4 aromatic rings. The largest absolute Gasteiger partial charge is 0.338 e. The molecule has 28 heavy (non-hydrogen) atoms. The van der Waals surface area contributed by atoms with Crippen molar-refractivity contribution in [2.45, 2.75) is 6.04 Å². The Morgan fingerprint density at radius 2 is 1.71 bits per heavy atom. The fourth-order valence-corrected chi connectivity index (χ4v) is 3.63. The van der Waals surface area contributed by atoms with Crippen LogP contribution < -0.4 is 5.32 Å². The van der Waals surface area contributed by atoms with Gasteiger partial charge in [-0.1, -0.05) is 36.4 Å². The van der Waals surface area contributed by atoms with Crippen LogP contribution in [0.1, 0.15) is 27.8 Å². The van der Waals surface area contributed by atoms with Gasteiger partial charge in [0, 0.05) is 17.1 Å². The third kappa shape index (κ3) is 3.97. The van der Waals surface area contributed by atoms with E-state index in [1.807, 2.05) is 48.5 Å². The highest BCUT2D eigenvalue weighted by Gasteiger charge is 2.20. The van der Waals surface area contributed by atoms with Gasteiger partial charge in [-0.15, -0.1) is 11.3 Å². The molecule has 1 atom stereocenters. The highest BCUT2D eigenvalue weighted by atomic mass is 32.1. The Kier molecular flexibility index (Phi) is 5.21. The summed E-state index contributed by atoms with van der Waals surface area (Å²) >= 11 is 1.35. The molecule has 0 bridgehead atoms. The predicted molar refractivity (Wildman–Crippen MR) is 107 cm³/mol. The lowest BCUT2D eigenvalue weighted by Gasteiger charge is -2.18. The first kappa shape index (κ1) is 18.0. The third-order valence-corrected chi connectivity index (χ3v) is 5.11. The molecule has 0 radical (unpaired) electrons. The van der Waals surface area contributed by atoms with E-state index in [1.54, 1.807) is 23.7 Å². The summed E-state index contributed by atoms with van der Waals surface area (Å²) in [6.45, 7) is 0. The van der Waals surface area contributed by atoms with Crippen LogP contribution in [0.15, 0.2) is 84.4 Å². The topological polar surface area (TPSA) is 54.9 Å². The van der Waals surface area contributed by atoms with Gasteiger partial charge < -0.3 is 5.32 Å². The van der Waals surface area contributed by atoms with Crippen molar-refractivity contribution < 1.29 is 9.18 Å².